The Bertz CT molecular complexity index is 380. The summed E-state index contributed by atoms with van der Waals surface area (Å²) in [4.78, 5) is 4.17. The maximum atomic E-state index is 10.4. The number of aromatic nitrogens is 1. The van der Waals surface area contributed by atoms with E-state index in [0.717, 1.165) is 5.56 Å². The van der Waals surface area contributed by atoms with Gasteiger partial charge >= 0.3 is 0 Å². The van der Waals surface area contributed by atoms with Gasteiger partial charge < -0.3 is 14.6 Å². The summed E-state index contributed by atoms with van der Waals surface area (Å²) in [5.74, 6) is -0.629. The van der Waals surface area contributed by atoms with Crippen molar-refractivity contribution in [3.05, 3.63) is 29.6 Å². The molecule has 88 valence electrons. The molecule has 1 aromatic heterocycles. The first-order valence-corrected chi connectivity index (χ1v) is 5.35. The van der Waals surface area contributed by atoms with Crippen LogP contribution in [-0.4, -0.2) is 29.1 Å². The molecule has 1 fully saturated rings. The molecule has 1 aromatic rings. The van der Waals surface area contributed by atoms with E-state index in [-0.39, 0.29) is 13.2 Å². The molecule has 16 heavy (non-hydrogen) atoms. The molecule has 4 heteroatoms. The lowest BCUT2D eigenvalue weighted by atomic mass is 9.98. The Kier molecular flexibility index (Phi) is 2.74. The second-order valence-corrected chi connectivity index (χ2v) is 4.73. The number of hydrogen-bond donors (Lipinski definition) is 1. The van der Waals surface area contributed by atoms with E-state index >= 15 is 0 Å². The van der Waals surface area contributed by atoms with E-state index in [0.29, 0.717) is 5.69 Å². The first-order chi connectivity index (χ1) is 7.41. The Hall–Kier alpha value is -0.970. The van der Waals surface area contributed by atoms with Crippen molar-refractivity contribution in [3.63, 3.8) is 0 Å². The van der Waals surface area contributed by atoms with Gasteiger partial charge in [-0.05, 0) is 38.5 Å². The zero-order valence-electron chi connectivity index (χ0n) is 9.86. The fourth-order valence-electron chi connectivity index (χ4n) is 1.61. The van der Waals surface area contributed by atoms with Gasteiger partial charge in [-0.2, -0.15) is 0 Å². The van der Waals surface area contributed by atoms with E-state index in [1.54, 1.807) is 6.20 Å². The molecule has 0 aliphatic carbocycles. The number of aryl methyl sites for hydroxylation is 1. The first-order valence-electron chi connectivity index (χ1n) is 5.35. The van der Waals surface area contributed by atoms with E-state index in [1.807, 2.05) is 32.9 Å². The maximum absolute atomic E-state index is 10.4. The molecule has 0 radical (unpaired) electrons. The molecular formula is C12H17NO3. The second kappa shape index (κ2) is 3.80. The Morgan fingerprint density at radius 1 is 1.31 bits per heavy atom. The number of rotatable bonds is 1. The van der Waals surface area contributed by atoms with Crippen LogP contribution in [-0.2, 0) is 15.1 Å². The Morgan fingerprint density at radius 3 is 2.50 bits per heavy atom. The van der Waals surface area contributed by atoms with Gasteiger partial charge in [-0.15, -0.1) is 0 Å². The van der Waals surface area contributed by atoms with Crippen LogP contribution in [0.2, 0.25) is 0 Å². The lowest BCUT2D eigenvalue weighted by Gasteiger charge is -2.39. The van der Waals surface area contributed by atoms with Crippen molar-refractivity contribution in [2.45, 2.75) is 32.2 Å². The highest BCUT2D eigenvalue weighted by Crippen LogP contribution is 2.30. The summed E-state index contributed by atoms with van der Waals surface area (Å²) in [6.45, 7) is 6.03. The summed E-state index contributed by atoms with van der Waals surface area (Å²) >= 11 is 0. The molecule has 0 spiro atoms. The van der Waals surface area contributed by atoms with E-state index < -0.39 is 11.4 Å². The van der Waals surface area contributed by atoms with Gasteiger partial charge in [0.05, 0.1) is 18.9 Å². The molecule has 2 rings (SSSR count). The van der Waals surface area contributed by atoms with Gasteiger partial charge in [0.2, 0.25) is 0 Å². The summed E-state index contributed by atoms with van der Waals surface area (Å²) in [6.07, 6.45) is 1.68. The molecule has 0 bridgehead atoms. The molecule has 1 aliphatic heterocycles. The Labute approximate surface area is 95.2 Å². The number of aliphatic hydroxyl groups is 1. The third kappa shape index (κ3) is 2.24. The number of pyridine rings is 1. The van der Waals surface area contributed by atoms with Crippen LogP contribution >= 0.6 is 0 Å². The Morgan fingerprint density at radius 2 is 1.94 bits per heavy atom. The van der Waals surface area contributed by atoms with Crippen LogP contribution in [0.4, 0.5) is 0 Å². The van der Waals surface area contributed by atoms with Crippen molar-refractivity contribution >= 4 is 0 Å². The van der Waals surface area contributed by atoms with Crippen LogP contribution in [0.5, 0.6) is 0 Å². The maximum Gasteiger partial charge on any atom is 0.163 e. The lowest BCUT2D eigenvalue weighted by Crippen LogP contribution is -2.49. The Balaban J connectivity index is 2.21. The third-order valence-electron chi connectivity index (χ3n) is 2.71. The van der Waals surface area contributed by atoms with E-state index in [1.165, 1.54) is 0 Å². The quantitative estimate of drug-likeness (QED) is 0.781. The summed E-state index contributed by atoms with van der Waals surface area (Å²) in [6, 6.07) is 3.74. The molecule has 0 atom stereocenters. The SMILES string of the molecule is Cc1ccnc(C2(O)COC(C)(C)OC2)c1. The van der Waals surface area contributed by atoms with Crippen LogP contribution in [0.1, 0.15) is 25.1 Å². The van der Waals surface area contributed by atoms with Crippen LogP contribution in [0.25, 0.3) is 0 Å². The number of nitrogens with zero attached hydrogens (tertiary/aromatic N) is 1. The van der Waals surface area contributed by atoms with Gasteiger partial charge in [0.1, 0.15) is 0 Å². The summed E-state index contributed by atoms with van der Waals surface area (Å²) in [5, 5.41) is 10.4. The summed E-state index contributed by atoms with van der Waals surface area (Å²) in [5.41, 5.74) is 0.521. The highest BCUT2D eigenvalue weighted by Gasteiger charge is 2.40. The van der Waals surface area contributed by atoms with E-state index in [2.05, 4.69) is 4.98 Å². The van der Waals surface area contributed by atoms with Gasteiger partial charge in [-0.1, -0.05) is 0 Å². The molecule has 0 amide bonds. The predicted molar refractivity (Wildman–Crippen MR) is 58.9 cm³/mol. The smallest absolute Gasteiger partial charge is 0.163 e. The van der Waals surface area contributed by atoms with Crippen LogP contribution in [0, 0.1) is 6.92 Å². The zero-order valence-corrected chi connectivity index (χ0v) is 9.86. The molecule has 4 nitrogen and oxygen atoms in total. The van der Waals surface area contributed by atoms with Crippen molar-refractivity contribution in [2.24, 2.45) is 0 Å². The van der Waals surface area contributed by atoms with Crippen molar-refractivity contribution < 1.29 is 14.6 Å². The van der Waals surface area contributed by atoms with Crippen molar-refractivity contribution in [2.75, 3.05) is 13.2 Å². The fraction of sp³-hybridized carbons (Fsp3) is 0.583. The molecule has 1 aliphatic rings. The van der Waals surface area contributed by atoms with Crippen molar-refractivity contribution in [3.8, 4) is 0 Å². The van der Waals surface area contributed by atoms with Gasteiger partial charge in [0, 0.05) is 6.20 Å². The molecule has 1 N–H and O–H groups in total. The summed E-state index contributed by atoms with van der Waals surface area (Å²) in [7, 11) is 0. The lowest BCUT2D eigenvalue weighted by molar-refractivity contribution is -0.305. The van der Waals surface area contributed by atoms with Crippen LogP contribution in [0.3, 0.4) is 0 Å². The largest absolute Gasteiger partial charge is 0.379 e. The average molecular weight is 223 g/mol. The van der Waals surface area contributed by atoms with Crippen LogP contribution in [0.15, 0.2) is 18.3 Å². The van der Waals surface area contributed by atoms with Gasteiger partial charge in [0.15, 0.2) is 11.4 Å². The van der Waals surface area contributed by atoms with Crippen molar-refractivity contribution in [1.82, 2.24) is 4.98 Å². The first kappa shape index (κ1) is 11.5. The zero-order chi connectivity index (χ0) is 11.8. The van der Waals surface area contributed by atoms with Gasteiger partial charge in [-0.3, -0.25) is 4.98 Å². The average Bonchev–Trinajstić information content (AvgIpc) is 2.23. The molecule has 0 saturated carbocycles. The molecule has 0 aromatic carbocycles. The van der Waals surface area contributed by atoms with E-state index in [4.69, 9.17) is 9.47 Å². The topological polar surface area (TPSA) is 51.6 Å². The van der Waals surface area contributed by atoms with Gasteiger partial charge in [-0.25, -0.2) is 0 Å². The van der Waals surface area contributed by atoms with Gasteiger partial charge in [0.25, 0.3) is 0 Å². The molecule has 1 saturated heterocycles. The third-order valence-corrected chi connectivity index (χ3v) is 2.71. The minimum absolute atomic E-state index is 0.205. The highest BCUT2D eigenvalue weighted by molar-refractivity contribution is 5.20. The normalized spacial score (nSPS) is 23.0. The fourth-order valence-corrected chi connectivity index (χ4v) is 1.61. The minimum Gasteiger partial charge on any atom is -0.379 e. The number of hydrogen-bond acceptors (Lipinski definition) is 4. The monoisotopic (exact) mass is 223 g/mol. The van der Waals surface area contributed by atoms with E-state index in [9.17, 15) is 5.11 Å². The van der Waals surface area contributed by atoms with Crippen LogP contribution < -0.4 is 0 Å². The molecule has 2 heterocycles. The highest BCUT2D eigenvalue weighted by atomic mass is 16.7. The second-order valence-electron chi connectivity index (χ2n) is 4.73. The minimum atomic E-state index is -1.14. The molecular weight excluding hydrogens is 206 g/mol. The predicted octanol–water partition coefficient (Wildman–Crippen LogP) is 1.36. The van der Waals surface area contributed by atoms with Crippen molar-refractivity contribution in [1.29, 1.82) is 0 Å². The molecule has 0 unspecified atom stereocenters. The number of ether oxygens (including phenoxy) is 2. The standard InChI is InChI=1S/C12H17NO3/c1-9-4-5-13-10(6-9)12(14)7-15-11(2,3)16-8-12/h4-6,14H,7-8H2,1-3H3. The summed E-state index contributed by atoms with van der Waals surface area (Å²) < 4.78 is 10.9.